The molecule has 0 radical (unpaired) electrons. The van der Waals surface area contributed by atoms with Crippen molar-refractivity contribution in [3.63, 3.8) is 0 Å². The van der Waals surface area contributed by atoms with Gasteiger partial charge in [-0.25, -0.2) is 0 Å². The van der Waals surface area contributed by atoms with Crippen LogP contribution >= 0.6 is 0 Å². The molecule has 1 saturated heterocycles. The predicted molar refractivity (Wildman–Crippen MR) is 95.5 cm³/mol. The number of amides is 1. The number of hydrogen-bond donors (Lipinski definition) is 1. The molecule has 1 aromatic carbocycles. The smallest absolute Gasteiger partial charge is 0.259 e. The van der Waals surface area contributed by atoms with Crippen LogP contribution in [0.25, 0.3) is 10.9 Å². The van der Waals surface area contributed by atoms with Crippen LogP contribution in [0.2, 0.25) is 0 Å². The molecule has 1 fully saturated rings. The minimum Gasteiger partial charge on any atom is -0.360 e. The highest BCUT2D eigenvalue weighted by molar-refractivity contribution is 5.97. The van der Waals surface area contributed by atoms with Crippen molar-refractivity contribution in [1.82, 2.24) is 19.7 Å². The zero-order chi connectivity index (χ0) is 17.2. The third-order valence-electron chi connectivity index (χ3n) is 4.86. The molecule has 6 heteroatoms. The molecule has 2 aromatic heterocycles. The van der Waals surface area contributed by atoms with Gasteiger partial charge < -0.3 is 9.88 Å². The second-order valence-corrected chi connectivity index (χ2v) is 6.45. The van der Waals surface area contributed by atoms with Crippen LogP contribution in [0.1, 0.15) is 29.6 Å². The number of pyridine rings is 1. The number of aromatic amines is 1. The lowest BCUT2D eigenvalue weighted by atomic mass is 10.0. The van der Waals surface area contributed by atoms with E-state index in [4.69, 9.17) is 0 Å². The molecule has 6 nitrogen and oxygen atoms in total. The molecule has 4 rings (SSSR count). The molecule has 1 aliphatic heterocycles. The molecule has 0 saturated carbocycles. The molecule has 1 amide bonds. The lowest BCUT2D eigenvalue weighted by molar-refractivity contribution is 0.0582. The molecule has 1 aliphatic rings. The number of likely N-dealkylation sites (tertiary alicyclic amines) is 1. The van der Waals surface area contributed by atoms with Gasteiger partial charge in [-0.05, 0) is 37.5 Å². The number of hydrogen-bond acceptors (Lipinski definition) is 3. The fourth-order valence-corrected chi connectivity index (χ4v) is 3.56. The van der Waals surface area contributed by atoms with Crippen molar-refractivity contribution in [2.24, 2.45) is 0 Å². The number of piperidine rings is 1. The summed E-state index contributed by atoms with van der Waals surface area (Å²) in [5, 5.41) is 4.80. The Balaban J connectivity index is 1.66. The fourth-order valence-electron chi connectivity index (χ4n) is 3.56. The molecule has 1 N–H and O–H groups in total. The predicted octanol–water partition coefficient (Wildman–Crippen LogP) is 2.42. The number of nitrogens with one attached hydrogen (secondary N) is 1. The minimum absolute atomic E-state index is 0.0621. The molecule has 128 valence electrons. The number of aromatic nitrogens is 3. The largest absolute Gasteiger partial charge is 0.360 e. The first kappa shape index (κ1) is 15.6. The maximum absolute atomic E-state index is 13.1. The highest BCUT2D eigenvalue weighted by Gasteiger charge is 2.29. The average molecular weight is 336 g/mol. The molecule has 1 atom stereocenters. The Morgan fingerprint density at radius 1 is 1.24 bits per heavy atom. The van der Waals surface area contributed by atoms with E-state index in [2.05, 4.69) is 10.1 Å². The first-order valence-electron chi connectivity index (χ1n) is 8.63. The van der Waals surface area contributed by atoms with E-state index >= 15 is 0 Å². The van der Waals surface area contributed by atoms with Gasteiger partial charge in [0.1, 0.15) is 5.56 Å². The SMILES string of the molecule is O=C(c1c[nH]c2ccccc2c1=O)N1CCCCC1Cn1cccn1. The lowest BCUT2D eigenvalue weighted by Gasteiger charge is -2.35. The highest BCUT2D eigenvalue weighted by atomic mass is 16.2. The molecular weight excluding hydrogens is 316 g/mol. The van der Waals surface area contributed by atoms with Crippen LogP contribution in [-0.2, 0) is 6.54 Å². The zero-order valence-electron chi connectivity index (χ0n) is 13.9. The van der Waals surface area contributed by atoms with E-state index in [-0.39, 0.29) is 22.9 Å². The second kappa shape index (κ2) is 6.55. The van der Waals surface area contributed by atoms with Gasteiger partial charge in [0.05, 0.1) is 12.6 Å². The quantitative estimate of drug-likeness (QED) is 0.798. The summed E-state index contributed by atoms with van der Waals surface area (Å²) in [6.45, 7) is 1.33. The summed E-state index contributed by atoms with van der Waals surface area (Å²) in [7, 11) is 0. The summed E-state index contributed by atoms with van der Waals surface area (Å²) in [6.07, 6.45) is 8.17. The standard InChI is InChI=1S/C19H20N4O2/c24-18-15-7-1-2-8-17(15)20-12-16(18)19(25)23-11-4-3-6-14(23)13-22-10-5-9-21-22/h1-2,5,7-10,12,14H,3-4,6,11,13H2,(H,20,24). The first-order valence-corrected chi connectivity index (χ1v) is 8.63. The number of nitrogens with zero attached hydrogens (tertiary/aromatic N) is 3. The zero-order valence-corrected chi connectivity index (χ0v) is 13.9. The van der Waals surface area contributed by atoms with E-state index in [0.29, 0.717) is 18.5 Å². The van der Waals surface area contributed by atoms with Crippen molar-refractivity contribution in [1.29, 1.82) is 0 Å². The summed E-state index contributed by atoms with van der Waals surface area (Å²) in [6, 6.07) is 9.21. The average Bonchev–Trinajstić information content (AvgIpc) is 3.15. The van der Waals surface area contributed by atoms with Crippen LogP contribution < -0.4 is 5.43 Å². The Bertz CT molecular complexity index is 945. The third-order valence-corrected chi connectivity index (χ3v) is 4.86. The van der Waals surface area contributed by atoms with E-state index in [0.717, 1.165) is 24.8 Å². The maximum atomic E-state index is 13.1. The Hall–Kier alpha value is -2.89. The summed E-state index contributed by atoms with van der Waals surface area (Å²) in [4.78, 5) is 30.7. The summed E-state index contributed by atoms with van der Waals surface area (Å²) in [5.41, 5.74) is 0.754. The summed E-state index contributed by atoms with van der Waals surface area (Å²) < 4.78 is 1.85. The normalized spacial score (nSPS) is 17.8. The molecule has 3 heterocycles. The van der Waals surface area contributed by atoms with E-state index in [1.807, 2.05) is 40.0 Å². The molecular formula is C19H20N4O2. The van der Waals surface area contributed by atoms with Gasteiger partial charge in [-0.2, -0.15) is 5.10 Å². The maximum Gasteiger partial charge on any atom is 0.259 e. The van der Waals surface area contributed by atoms with Gasteiger partial charge in [0.15, 0.2) is 0 Å². The number of benzene rings is 1. The van der Waals surface area contributed by atoms with Crippen LogP contribution in [0.15, 0.2) is 53.7 Å². The van der Waals surface area contributed by atoms with Crippen molar-refractivity contribution in [3.8, 4) is 0 Å². The Labute approximate surface area is 145 Å². The molecule has 1 unspecified atom stereocenters. The van der Waals surface area contributed by atoms with Gasteiger partial charge in [-0.15, -0.1) is 0 Å². The summed E-state index contributed by atoms with van der Waals surface area (Å²) >= 11 is 0. The molecule has 25 heavy (non-hydrogen) atoms. The van der Waals surface area contributed by atoms with Gasteiger partial charge in [-0.1, -0.05) is 12.1 Å². The third kappa shape index (κ3) is 2.95. The van der Waals surface area contributed by atoms with Crippen LogP contribution in [0.5, 0.6) is 0 Å². The van der Waals surface area contributed by atoms with Crippen molar-refractivity contribution in [2.45, 2.75) is 31.8 Å². The summed E-state index contributed by atoms with van der Waals surface area (Å²) in [5.74, 6) is -0.191. The van der Waals surface area contributed by atoms with Crippen molar-refractivity contribution in [2.75, 3.05) is 6.54 Å². The van der Waals surface area contributed by atoms with E-state index in [1.54, 1.807) is 18.5 Å². The van der Waals surface area contributed by atoms with Crippen molar-refractivity contribution < 1.29 is 4.79 Å². The fraction of sp³-hybridized carbons (Fsp3) is 0.316. The van der Waals surface area contributed by atoms with Gasteiger partial charge in [0, 0.05) is 36.0 Å². The molecule has 0 spiro atoms. The number of fused-ring (bicyclic) bond motifs is 1. The van der Waals surface area contributed by atoms with Crippen molar-refractivity contribution in [3.05, 3.63) is 64.7 Å². The Morgan fingerprint density at radius 2 is 2.12 bits per heavy atom. The van der Waals surface area contributed by atoms with Gasteiger partial charge in [-0.3, -0.25) is 14.3 Å². The molecule has 3 aromatic rings. The number of carbonyl (C=O) groups excluding carboxylic acids is 1. The van der Waals surface area contributed by atoms with E-state index in [1.165, 1.54) is 0 Å². The number of H-pyrrole nitrogens is 1. The Kier molecular flexibility index (Phi) is 4.09. The number of para-hydroxylation sites is 1. The minimum atomic E-state index is -0.206. The van der Waals surface area contributed by atoms with Crippen LogP contribution in [0, 0.1) is 0 Å². The van der Waals surface area contributed by atoms with Crippen LogP contribution in [0.4, 0.5) is 0 Å². The topological polar surface area (TPSA) is 71.0 Å². The van der Waals surface area contributed by atoms with Gasteiger partial charge in [0.2, 0.25) is 5.43 Å². The monoisotopic (exact) mass is 336 g/mol. The number of rotatable bonds is 3. The molecule has 0 aliphatic carbocycles. The Morgan fingerprint density at radius 3 is 2.96 bits per heavy atom. The highest BCUT2D eigenvalue weighted by Crippen LogP contribution is 2.20. The lowest BCUT2D eigenvalue weighted by Crippen LogP contribution is -2.47. The van der Waals surface area contributed by atoms with Crippen LogP contribution in [-0.4, -0.2) is 38.2 Å². The van der Waals surface area contributed by atoms with E-state index in [9.17, 15) is 9.59 Å². The van der Waals surface area contributed by atoms with E-state index < -0.39 is 0 Å². The van der Waals surface area contributed by atoms with Gasteiger partial charge in [0.25, 0.3) is 5.91 Å². The second-order valence-electron chi connectivity index (χ2n) is 6.45. The van der Waals surface area contributed by atoms with Crippen molar-refractivity contribution >= 4 is 16.8 Å². The van der Waals surface area contributed by atoms with Crippen LogP contribution in [0.3, 0.4) is 0 Å². The molecule has 0 bridgehead atoms. The van der Waals surface area contributed by atoms with Gasteiger partial charge >= 0.3 is 0 Å². The number of carbonyl (C=O) groups is 1. The first-order chi connectivity index (χ1) is 12.2.